The minimum atomic E-state index is -0.329. The zero-order valence-corrected chi connectivity index (χ0v) is 16.5. The van der Waals surface area contributed by atoms with E-state index in [0.717, 1.165) is 16.8 Å². The number of urea groups is 1. The van der Waals surface area contributed by atoms with Crippen LogP contribution >= 0.6 is 0 Å². The van der Waals surface area contributed by atoms with Crippen molar-refractivity contribution in [3.63, 3.8) is 0 Å². The normalized spacial score (nSPS) is 10.5. The number of pyridine rings is 1. The summed E-state index contributed by atoms with van der Waals surface area (Å²) in [4.78, 5) is 16.3. The van der Waals surface area contributed by atoms with Crippen molar-refractivity contribution in [2.75, 3.05) is 0 Å². The predicted octanol–water partition coefficient (Wildman–Crippen LogP) is 4.20. The monoisotopic (exact) mass is 417 g/mol. The molecule has 2 aromatic carbocycles. The average Bonchev–Trinajstić information content (AvgIpc) is 3.28. The maximum absolute atomic E-state index is 12.9. The number of nitrogens with zero attached hydrogens (tertiary/aromatic N) is 3. The van der Waals surface area contributed by atoms with E-state index >= 15 is 0 Å². The fourth-order valence-electron chi connectivity index (χ4n) is 2.80. The molecule has 0 spiro atoms. The molecule has 4 rings (SSSR count). The molecule has 156 valence electrons. The van der Waals surface area contributed by atoms with Crippen LogP contribution in [0.2, 0.25) is 0 Å². The number of carbonyl (C=O) groups excluding carboxylic acids is 1. The number of hydrogen-bond donors (Lipinski definition) is 2. The molecule has 2 aromatic heterocycles. The minimum Gasteiger partial charge on any atom is -0.439 e. The maximum Gasteiger partial charge on any atom is 0.315 e. The van der Waals surface area contributed by atoms with Crippen LogP contribution in [0.25, 0.3) is 5.69 Å². The lowest BCUT2D eigenvalue weighted by Crippen LogP contribution is -2.34. The molecule has 2 heterocycles. The van der Waals surface area contributed by atoms with Crippen LogP contribution in [0, 0.1) is 5.82 Å². The molecule has 0 aliphatic rings. The number of para-hydroxylation sites is 1. The molecule has 8 heteroatoms. The van der Waals surface area contributed by atoms with Crippen molar-refractivity contribution in [1.82, 2.24) is 25.4 Å². The third-order valence-electron chi connectivity index (χ3n) is 4.40. The molecule has 0 radical (unpaired) electrons. The van der Waals surface area contributed by atoms with Crippen LogP contribution in [-0.2, 0) is 13.1 Å². The fourth-order valence-corrected chi connectivity index (χ4v) is 2.80. The third-order valence-corrected chi connectivity index (χ3v) is 4.40. The van der Waals surface area contributed by atoms with Gasteiger partial charge in [-0.3, -0.25) is 0 Å². The molecule has 4 aromatic rings. The summed E-state index contributed by atoms with van der Waals surface area (Å²) in [6, 6.07) is 18.6. The molecule has 0 aliphatic heterocycles. The highest BCUT2D eigenvalue weighted by Crippen LogP contribution is 2.19. The zero-order chi connectivity index (χ0) is 21.5. The van der Waals surface area contributed by atoms with E-state index in [1.165, 1.54) is 24.3 Å². The Hall–Kier alpha value is -4.20. The van der Waals surface area contributed by atoms with Crippen molar-refractivity contribution >= 4 is 6.03 Å². The highest BCUT2D eigenvalue weighted by Gasteiger charge is 2.05. The smallest absolute Gasteiger partial charge is 0.315 e. The number of carbonyl (C=O) groups is 1. The molecule has 7 nitrogen and oxygen atoms in total. The summed E-state index contributed by atoms with van der Waals surface area (Å²) in [6.45, 7) is 0.681. The molecule has 2 N–H and O–H groups in total. The topological polar surface area (TPSA) is 81.1 Å². The van der Waals surface area contributed by atoms with Gasteiger partial charge in [0.05, 0.1) is 11.9 Å². The van der Waals surface area contributed by atoms with Crippen LogP contribution in [0.15, 0.2) is 85.3 Å². The Kier molecular flexibility index (Phi) is 6.18. The second kappa shape index (κ2) is 9.53. The zero-order valence-electron chi connectivity index (χ0n) is 16.5. The number of nitrogens with one attached hydrogen (secondary N) is 2. The Bertz CT molecular complexity index is 1130. The first kappa shape index (κ1) is 20.1. The highest BCUT2D eigenvalue weighted by molar-refractivity contribution is 5.73. The Morgan fingerprint density at radius 1 is 0.903 bits per heavy atom. The minimum absolute atomic E-state index is 0.293. The average molecular weight is 417 g/mol. The lowest BCUT2D eigenvalue weighted by atomic mass is 10.3. The van der Waals surface area contributed by atoms with Gasteiger partial charge in [-0.1, -0.05) is 24.3 Å². The van der Waals surface area contributed by atoms with Gasteiger partial charge in [0.25, 0.3) is 0 Å². The van der Waals surface area contributed by atoms with Crippen molar-refractivity contribution in [2.45, 2.75) is 13.1 Å². The lowest BCUT2D eigenvalue weighted by Gasteiger charge is -2.08. The first-order chi connectivity index (χ1) is 15.2. The summed E-state index contributed by atoms with van der Waals surface area (Å²) in [7, 11) is 0. The van der Waals surface area contributed by atoms with Crippen LogP contribution in [0.3, 0.4) is 0 Å². The van der Waals surface area contributed by atoms with E-state index in [4.69, 9.17) is 4.74 Å². The van der Waals surface area contributed by atoms with E-state index in [9.17, 15) is 9.18 Å². The van der Waals surface area contributed by atoms with Gasteiger partial charge in [0.1, 0.15) is 11.6 Å². The van der Waals surface area contributed by atoms with Gasteiger partial charge in [0.2, 0.25) is 5.88 Å². The van der Waals surface area contributed by atoms with Crippen LogP contribution in [0.4, 0.5) is 9.18 Å². The largest absolute Gasteiger partial charge is 0.439 e. The van der Waals surface area contributed by atoms with E-state index in [-0.39, 0.29) is 11.8 Å². The summed E-state index contributed by atoms with van der Waals surface area (Å²) in [5.41, 5.74) is 2.67. The van der Waals surface area contributed by atoms with Crippen molar-refractivity contribution in [2.24, 2.45) is 0 Å². The molecular weight excluding hydrogens is 397 g/mol. The fraction of sp³-hybridized carbons (Fsp3) is 0.0870. The summed E-state index contributed by atoms with van der Waals surface area (Å²) >= 11 is 0. The number of aromatic nitrogens is 3. The molecule has 0 fully saturated rings. The van der Waals surface area contributed by atoms with Gasteiger partial charge in [0, 0.05) is 37.1 Å². The highest BCUT2D eigenvalue weighted by atomic mass is 19.1. The van der Waals surface area contributed by atoms with E-state index < -0.39 is 0 Å². The third kappa shape index (κ3) is 5.66. The number of amides is 2. The van der Waals surface area contributed by atoms with Crippen LogP contribution in [0.1, 0.15) is 11.1 Å². The van der Waals surface area contributed by atoms with E-state index in [1.54, 1.807) is 29.2 Å². The first-order valence-electron chi connectivity index (χ1n) is 9.65. The van der Waals surface area contributed by atoms with Gasteiger partial charge in [-0.2, -0.15) is 5.10 Å². The number of ether oxygens (including phenoxy) is 1. The molecule has 0 saturated carbocycles. The van der Waals surface area contributed by atoms with Crippen LogP contribution in [0.5, 0.6) is 11.6 Å². The van der Waals surface area contributed by atoms with Gasteiger partial charge in [0.15, 0.2) is 0 Å². The summed E-state index contributed by atoms with van der Waals surface area (Å²) in [6.07, 6.45) is 5.21. The Morgan fingerprint density at radius 3 is 2.35 bits per heavy atom. The number of hydrogen-bond acceptors (Lipinski definition) is 4. The summed E-state index contributed by atoms with van der Waals surface area (Å²) in [5, 5.41) is 9.89. The second-order valence-corrected chi connectivity index (χ2v) is 6.73. The van der Waals surface area contributed by atoms with Crippen LogP contribution in [-0.4, -0.2) is 20.8 Å². The van der Waals surface area contributed by atoms with E-state index in [0.29, 0.717) is 24.7 Å². The predicted molar refractivity (Wildman–Crippen MR) is 113 cm³/mol. The number of benzene rings is 2. The van der Waals surface area contributed by atoms with Gasteiger partial charge in [-0.15, -0.1) is 0 Å². The first-order valence-corrected chi connectivity index (χ1v) is 9.65. The van der Waals surface area contributed by atoms with E-state index in [1.807, 2.05) is 36.5 Å². The Labute approximate surface area is 178 Å². The van der Waals surface area contributed by atoms with Gasteiger partial charge in [-0.25, -0.2) is 18.9 Å². The van der Waals surface area contributed by atoms with Crippen molar-refractivity contribution in [3.05, 3.63) is 102 Å². The van der Waals surface area contributed by atoms with Crippen molar-refractivity contribution < 1.29 is 13.9 Å². The lowest BCUT2D eigenvalue weighted by molar-refractivity contribution is 0.240. The summed E-state index contributed by atoms with van der Waals surface area (Å²) < 4.78 is 20.2. The second-order valence-electron chi connectivity index (χ2n) is 6.73. The molecule has 2 amide bonds. The molecular formula is C23H20FN5O2. The molecule has 0 saturated heterocycles. The molecule has 0 aliphatic carbocycles. The van der Waals surface area contributed by atoms with Gasteiger partial charge < -0.3 is 15.4 Å². The van der Waals surface area contributed by atoms with E-state index in [2.05, 4.69) is 20.7 Å². The maximum atomic E-state index is 12.9. The quantitative estimate of drug-likeness (QED) is 0.472. The van der Waals surface area contributed by atoms with Crippen molar-refractivity contribution in [1.29, 1.82) is 0 Å². The number of halogens is 1. The SMILES string of the molecule is O=C(NCc1ccc(Oc2ccc(F)cc2)nc1)NCc1cnn(-c2ccccc2)c1. The Balaban J connectivity index is 1.22. The Morgan fingerprint density at radius 2 is 1.65 bits per heavy atom. The molecule has 0 unspecified atom stereocenters. The standard InChI is InChI=1S/C23H20FN5O2/c24-19-7-9-21(10-8-19)31-22-11-6-17(12-25-22)13-26-23(30)27-14-18-15-28-29(16-18)20-4-2-1-3-5-20/h1-12,15-16H,13-14H2,(H2,26,27,30). The van der Waals surface area contributed by atoms with Gasteiger partial charge in [-0.05, 0) is 42.0 Å². The molecule has 0 atom stereocenters. The molecule has 0 bridgehead atoms. The van der Waals surface area contributed by atoms with Crippen molar-refractivity contribution in [3.8, 4) is 17.3 Å². The van der Waals surface area contributed by atoms with Gasteiger partial charge >= 0.3 is 6.03 Å². The molecule has 31 heavy (non-hydrogen) atoms. The summed E-state index contributed by atoms with van der Waals surface area (Å²) in [5.74, 6) is 0.551. The number of rotatable bonds is 7. The van der Waals surface area contributed by atoms with Crippen LogP contribution < -0.4 is 15.4 Å².